The van der Waals surface area contributed by atoms with E-state index in [1.54, 1.807) is 36.0 Å². The maximum absolute atomic E-state index is 14.2. The third-order valence-corrected chi connectivity index (χ3v) is 7.48. The normalized spacial score (nSPS) is 14.9. The minimum atomic E-state index is -0.755. The van der Waals surface area contributed by atoms with Crippen molar-refractivity contribution in [2.45, 2.75) is 38.3 Å². The summed E-state index contributed by atoms with van der Waals surface area (Å²) in [4.78, 5) is 55.4. The average Bonchev–Trinajstić information content (AvgIpc) is 3.63. The Hall–Kier alpha value is -5.96. The molecule has 1 aliphatic heterocycles. The number of nitrogen functional groups attached to an aromatic ring is 1. The molecule has 12 nitrogen and oxygen atoms in total. The predicted octanol–water partition coefficient (Wildman–Crippen LogP) is 2.67. The van der Waals surface area contributed by atoms with Crippen molar-refractivity contribution in [1.82, 2.24) is 29.8 Å². The van der Waals surface area contributed by atoms with Crippen LogP contribution in [0.3, 0.4) is 0 Å². The van der Waals surface area contributed by atoms with Crippen molar-refractivity contribution < 1.29 is 19.1 Å². The van der Waals surface area contributed by atoms with Crippen molar-refractivity contribution in [3.05, 3.63) is 100 Å². The van der Waals surface area contributed by atoms with E-state index in [1.165, 1.54) is 4.52 Å². The number of fused-ring (bicyclic) bond motifs is 2. The number of pyridine rings is 1. The number of aromatic nitrogens is 4. The van der Waals surface area contributed by atoms with Gasteiger partial charge in [0.2, 0.25) is 0 Å². The zero-order valence-electron chi connectivity index (χ0n) is 24.3. The standard InChI is InChI=1S/C33H29N7O5/c1-20(37-32(43)28-29(34)38-39-18-8-17-35-30(28)39)24-19-22-11-7-10-21(27(22)33(44)40(24)23-12-3-2-4-13-23)9-5-6-16-36-31(42)25-14-15-26(41)45-25/h2-4,7-8,10-13,17-20,25H,6,14-16H2,1H3,(H2,34,38)(H,36,42)(H,37,43). The largest absolute Gasteiger partial charge is 0.452 e. The molecule has 0 bridgehead atoms. The average molecular weight is 604 g/mol. The molecule has 1 saturated heterocycles. The summed E-state index contributed by atoms with van der Waals surface area (Å²) in [6.45, 7) is 2.06. The molecule has 1 fully saturated rings. The third-order valence-electron chi connectivity index (χ3n) is 7.48. The van der Waals surface area contributed by atoms with Gasteiger partial charge in [0.05, 0.1) is 11.4 Å². The van der Waals surface area contributed by atoms with Crippen LogP contribution in [0.2, 0.25) is 0 Å². The van der Waals surface area contributed by atoms with Gasteiger partial charge in [0.1, 0.15) is 5.56 Å². The molecule has 6 rings (SSSR count). The second kappa shape index (κ2) is 12.3. The molecule has 2 unspecified atom stereocenters. The molecule has 4 N–H and O–H groups in total. The molecule has 0 radical (unpaired) electrons. The Bertz CT molecular complexity index is 2070. The Morgan fingerprint density at radius 2 is 1.96 bits per heavy atom. The second-order valence-corrected chi connectivity index (χ2v) is 10.5. The first kappa shape index (κ1) is 29.1. The number of benzene rings is 2. The van der Waals surface area contributed by atoms with Crippen LogP contribution in [-0.2, 0) is 14.3 Å². The summed E-state index contributed by atoms with van der Waals surface area (Å²) in [5.74, 6) is 4.97. The fourth-order valence-electron chi connectivity index (χ4n) is 5.34. The summed E-state index contributed by atoms with van der Waals surface area (Å²) in [7, 11) is 0. The zero-order chi connectivity index (χ0) is 31.5. The Labute approximate surface area is 257 Å². The van der Waals surface area contributed by atoms with Crippen LogP contribution in [0.5, 0.6) is 0 Å². The number of hydrogen-bond acceptors (Lipinski definition) is 8. The minimum Gasteiger partial charge on any atom is -0.452 e. The van der Waals surface area contributed by atoms with Gasteiger partial charge in [-0.15, -0.1) is 5.10 Å². The van der Waals surface area contributed by atoms with Gasteiger partial charge in [-0.05, 0) is 42.6 Å². The lowest BCUT2D eigenvalue weighted by molar-refractivity contribution is -0.148. The van der Waals surface area contributed by atoms with E-state index in [1.807, 2.05) is 48.5 Å². The number of amides is 2. The van der Waals surface area contributed by atoms with Gasteiger partial charge in [-0.25, -0.2) is 9.50 Å². The van der Waals surface area contributed by atoms with Gasteiger partial charge in [0.15, 0.2) is 17.6 Å². The lowest BCUT2D eigenvalue weighted by atomic mass is 10.0. The number of rotatable bonds is 7. The number of esters is 1. The predicted molar refractivity (Wildman–Crippen MR) is 166 cm³/mol. The van der Waals surface area contributed by atoms with Crippen molar-refractivity contribution in [3.8, 4) is 17.5 Å². The number of carbonyl (C=O) groups excluding carboxylic acids is 3. The summed E-state index contributed by atoms with van der Waals surface area (Å²) in [5.41, 5.74) is 7.95. The number of para-hydroxylation sites is 1. The number of nitrogens with one attached hydrogen (secondary N) is 2. The quantitative estimate of drug-likeness (QED) is 0.145. The van der Waals surface area contributed by atoms with Crippen molar-refractivity contribution in [1.29, 1.82) is 0 Å². The molecule has 5 aromatic rings. The maximum Gasteiger partial charge on any atom is 0.306 e. The van der Waals surface area contributed by atoms with Crippen molar-refractivity contribution >= 4 is 40.0 Å². The van der Waals surface area contributed by atoms with E-state index in [0.29, 0.717) is 46.2 Å². The SMILES string of the molecule is CC(NC(=O)c1c(N)nn2cccnc12)c1cc2cccc(C#CCCNC(=O)C3CCC(=O)O3)c2c(=O)n1-c1ccccc1. The van der Waals surface area contributed by atoms with Gasteiger partial charge in [-0.1, -0.05) is 42.2 Å². The van der Waals surface area contributed by atoms with Crippen molar-refractivity contribution in [2.24, 2.45) is 0 Å². The molecule has 45 heavy (non-hydrogen) atoms. The topological polar surface area (TPSA) is 163 Å². The van der Waals surface area contributed by atoms with Crippen LogP contribution < -0.4 is 21.9 Å². The Morgan fingerprint density at radius 1 is 1.13 bits per heavy atom. The summed E-state index contributed by atoms with van der Waals surface area (Å²) < 4.78 is 7.99. The molecule has 1 aliphatic rings. The van der Waals surface area contributed by atoms with Crippen LogP contribution in [0, 0.1) is 11.8 Å². The summed E-state index contributed by atoms with van der Waals surface area (Å²) in [5, 5.41) is 11.0. The van der Waals surface area contributed by atoms with Crippen LogP contribution in [-0.4, -0.2) is 49.6 Å². The fourth-order valence-corrected chi connectivity index (χ4v) is 5.34. The van der Waals surface area contributed by atoms with Crippen LogP contribution >= 0.6 is 0 Å². The van der Waals surface area contributed by atoms with E-state index in [2.05, 4.69) is 32.6 Å². The summed E-state index contributed by atoms with van der Waals surface area (Å²) in [6, 6.07) is 17.5. The fraction of sp³-hybridized carbons (Fsp3) is 0.212. The zero-order valence-corrected chi connectivity index (χ0v) is 24.3. The lowest BCUT2D eigenvalue weighted by Gasteiger charge is -2.21. The highest BCUT2D eigenvalue weighted by atomic mass is 16.6. The second-order valence-electron chi connectivity index (χ2n) is 10.5. The molecule has 2 amide bonds. The molecule has 0 saturated carbocycles. The van der Waals surface area contributed by atoms with Gasteiger partial charge >= 0.3 is 5.97 Å². The highest BCUT2D eigenvalue weighted by molar-refractivity contribution is 6.04. The Balaban J connectivity index is 1.31. The number of nitrogens with zero attached hydrogens (tertiary/aromatic N) is 4. The first-order valence-electron chi connectivity index (χ1n) is 14.4. The number of cyclic esters (lactones) is 1. The summed E-state index contributed by atoms with van der Waals surface area (Å²) >= 11 is 0. The number of carbonyl (C=O) groups is 3. The van der Waals surface area contributed by atoms with Gasteiger partial charge in [0, 0.05) is 55.1 Å². The molecule has 0 spiro atoms. The van der Waals surface area contributed by atoms with Crippen molar-refractivity contribution in [3.63, 3.8) is 0 Å². The lowest BCUT2D eigenvalue weighted by Crippen LogP contribution is -2.34. The molecular weight excluding hydrogens is 574 g/mol. The highest BCUT2D eigenvalue weighted by Gasteiger charge is 2.29. The smallest absolute Gasteiger partial charge is 0.306 e. The van der Waals surface area contributed by atoms with E-state index < -0.39 is 18.1 Å². The van der Waals surface area contributed by atoms with E-state index in [9.17, 15) is 19.2 Å². The van der Waals surface area contributed by atoms with E-state index in [-0.39, 0.29) is 41.8 Å². The number of hydrogen-bond donors (Lipinski definition) is 3. The molecule has 2 atom stereocenters. The minimum absolute atomic E-state index is 0.0436. The highest BCUT2D eigenvalue weighted by Crippen LogP contribution is 2.24. The van der Waals surface area contributed by atoms with Crippen LogP contribution in [0.25, 0.3) is 22.1 Å². The molecular formula is C33H29N7O5. The van der Waals surface area contributed by atoms with Crippen molar-refractivity contribution in [2.75, 3.05) is 12.3 Å². The van der Waals surface area contributed by atoms with Gasteiger partial charge in [-0.3, -0.25) is 23.7 Å². The molecule has 0 aliphatic carbocycles. The van der Waals surface area contributed by atoms with E-state index in [4.69, 9.17) is 10.5 Å². The van der Waals surface area contributed by atoms with Gasteiger partial charge in [0.25, 0.3) is 17.4 Å². The number of ether oxygens (including phenoxy) is 1. The summed E-state index contributed by atoms with van der Waals surface area (Å²) in [6.07, 6.45) is 3.39. The number of anilines is 1. The number of nitrogens with two attached hydrogens (primary N) is 1. The van der Waals surface area contributed by atoms with E-state index >= 15 is 0 Å². The molecule has 12 heteroatoms. The van der Waals surface area contributed by atoms with Crippen LogP contribution in [0.1, 0.15) is 53.8 Å². The van der Waals surface area contributed by atoms with E-state index in [0.717, 1.165) is 0 Å². The monoisotopic (exact) mass is 603 g/mol. The molecule has 226 valence electrons. The molecule has 3 aromatic heterocycles. The molecule has 4 heterocycles. The molecule has 2 aromatic carbocycles. The first-order chi connectivity index (χ1) is 21.8. The van der Waals surface area contributed by atoms with Crippen LogP contribution in [0.15, 0.2) is 77.9 Å². The van der Waals surface area contributed by atoms with Gasteiger partial charge in [-0.2, -0.15) is 0 Å². The Kier molecular flexibility index (Phi) is 7.99. The Morgan fingerprint density at radius 3 is 2.73 bits per heavy atom. The first-order valence-corrected chi connectivity index (χ1v) is 14.4. The maximum atomic E-state index is 14.2. The van der Waals surface area contributed by atoms with Gasteiger partial charge < -0.3 is 21.1 Å². The van der Waals surface area contributed by atoms with Crippen LogP contribution in [0.4, 0.5) is 5.82 Å². The third kappa shape index (κ3) is 5.83.